The second-order valence-corrected chi connectivity index (χ2v) is 3.76. The van der Waals surface area contributed by atoms with Gasteiger partial charge in [-0.05, 0) is 29.3 Å². The predicted octanol–water partition coefficient (Wildman–Crippen LogP) is 3.24. The van der Waals surface area contributed by atoms with E-state index < -0.39 is 11.8 Å². The monoisotopic (exact) mass is 251 g/mol. The molecule has 0 fully saturated rings. The van der Waals surface area contributed by atoms with Crippen molar-refractivity contribution in [2.24, 2.45) is 0 Å². The number of aromatic nitrogens is 1. The summed E-state index contributed by atoms with van der Waals surface area (Å²) in [5, 5.41) is 8.96. The van der Waals surface area contributed by atoms with Crippen molar-refractivity contribution in [2.45, 2.75) is 0 Å². The third-order valence-corrected chi connectivity index (χ3v) is 2.57. The summed E-state index contributed by atoms with van der Waals surface area (Å²) in [5.74, 6) is -1.63. The maximum absolute atomic E-state index is 13.0. The largest absolute Gasteiger partial charge is 0.478 e. The minimum atomic E-state index is -1.09. The molecule has 0 saturated carbocycles. The van der Waals surface area contributed by atoms with Crippen LogP contribution in [0.3, 0.4) is 0 Å². The summed E-state index contributed by atoms with van der Waals surface area (Å²) in [5.41, 5.74) is 1.04. The van der Waals surface area contributed by atoms with Crippen LogP contribution in [0.15, 0.2) is 36.7 Å². The molecule has 2 aromatic rings. The molecular formula is C12H7ClFNO2. The molecule has 1 aromatic carbocycles. The zero-order valence-electron chi connectivity index (χ0n) is 8.52. The van der Waals surface area contributed by atoms with Gasteiger partial charge in [0.15, 0.2) is 0 Å². The van der Waals surface area contributed by atoms with E-state index in [2.05, 4.69) is 4.98 Å². The summed E-state index contributed by atoms with van der Waals surface area (Å²) in [6.45, 7) is 0. The van der Waals surface area contributed by atoms with E-state index in [1.54, 1.807) is 6.07 Å². The summed E-state index contributed by atoms with van der Waals surface area (Å²) < 4.78 is 13.0. The van der Waals surface area contributed by atoms with Crippen molar-refractivity contribution in [1.29, 1.82) is 0 Å². The Kier molecular flexibility index (Phi) is 3.06. The van der Waals surface area contributed by atoms with Gasteiger partial charge in [0.2, 0.25) is 0 Å². The van der Waals surface area contributed by atoms with Crippen molar-refractivity contribution >= 4 is 17.6 Å². The van der Waals surface area contributed by atoms with E-state index in [-0.39, 0.29) is 10.6 Å². The van der Waals surface area contributed by atoms with E-state index >= 15 is 0 Å². The van der Waals surface area contributed by atoms with E-state index in [4.69, 9.17) is 16.7 Å². The van der Waals surface area contributed by atoms with Gasteiger partial charge in [0, 0.05) is 12.4 Å². The minimum Gasteiger partial charge on any atom is -0.478 e. The minimum absolute atomic E-state index is 0.0457. The Morgan fingerprint density at radius 3 is 2.76 bits per heavy atom. The fourth-order valence-corrected chi connectivity index (χ4v) is 1.66. The Morgan fingerprint density at radius 2 is 2.12 bits per heavy atom. The number of halogens is 2. The van der Waals surface area contributed by atoms with Crippen molar-refractivity contribution in [3.8, 4) is 11.1 Å². The highest BCUT2D eigenvalue weighted by atomic mass is 35.5. The Hall–Kier alpha value is -1.94. The topological polar surface area (TPSA) is 50.2 Å². The number of pyridine rings is 1. The molecular weight excluding hydrogens is 245 g/mol. The third kappa shape index (κ3) is 2.26. The van der Waals surface area contributed by atoms with Gasteiger partial charge < -0.3 is 5.11 Å². The van der Waals surface area contributed by atoms with E-state index in [1.807, 2.05) is 0 Å². The summed E-state index contributed by atoms with van der Waals surface area (Å²) in [4.78, 5) is 14.7. The lowest BCUT2D eigenvalue weighted by molar-refractivity contribution is 0.0697. The fraction of sp³-hybridized carbons (Fsp3) is 0. The van der Waals surface area contributed by atoms with Crippen LogP contribution in [0.1, 0.15) is 10.4 Å². The normalized spacial score (nSPS) is 10.2. The first-order chi connectivity index (χ1) is 8.09. The number of carboxylic acids is 1. The maximum Gasteiger partial charge on any atom is 0.337 e. The fourth-order valence-electron chi connectivity index (χ4n) is 1.48. The van der Waals surface area contributed by atoms with Crippen molar-refractivity contribution < 1.29 is 14.3 Å². The molecule has 1 aromatic heterocycles. The van der Waals surface area contributed by atoms with Gasteiger partial charge in [-0.3, -0.25) is 4.98 Å². The summed E-state index contributed by atoms with van der Waals surface area (Å²) in [6.07, 6.45) is 2.72. The van der Waals surface area contributed by atoms with Crippen molar-refractivity contribution in [2.75, 3.05) is 0 Å². The number of carboxylic acid groups (broad SMARTS) is 1. The van der Waals surface area contributed by atoms with Crippen LogP contribution in [-0.2, 0) is 0 Å². The Labute approximate surface area is 101 Å². The van der Waals surface area contributed by atoms with Gasteiger partial charge in [-0.1, -0.05) is 17.7 Å². The average molecular weight is 252 g/mol. The van der Waals surface area contributed by atoms with Crippen molar-refractivity contribution in [1.82, 2.24) is 4.98 Å². The number of nitrogens with zero attached hydrogens (tertiary/aromatic N) is 1. The van der Waals surface area contributed by atoms with Gasteiger partial charge in [0.25, 0.3) is 0 Å². The molecule has 0 aliphatic heterocycles. The van der Waals surface area contributed by atoms with Crippen LogP contribution in [0.4, 0.5) is 4.39 Å². The molecule has 1 N–H and O–H groups in total. The standard InChI is InChI=1S/C12H7ClFNO2/c13-10-5-7(1-2-11(10)14)8-3-4-15-6-9(8)12(16)17/h1-6H,(H,16,17). The van der Waals surface area contributed by atoms with Crippen LogP contribution >= 0.6 is 11.6 Å². The Balaban J connectivity index is 2.60. The van der Waals surface area contributed by atoms with Gasteiger partial charge in [-0.15, -0.1) is 0 Å². The number of benzene rings is 1. The van der Waals surface area contributed by atoms with Crippen LogP contribution < -0.4 is 0 Å². The molecule has 0 amide bonds. The zero-order valence-corrected chi connectivity index (χ0v) is 9.28. The first kappa shape index (κ1) is 11.5. The molecule has 0 aliphatic carbocycles. The maximum atomic E-state index is 13.0. The first-order valence-electron chi connectivity index (χ1n) is 4.72. The van der Waals surface area contributed by atoms with Crippen LogP contribution in [0.5, 0.6) is 0 Å². The van der Waals surface area contributed by atoms with Crippen molar-refractivity contribution in [3.63, 3.8) is 0 Å². The quantitative estimate of drug-likeness (QED) is 0.891. The Morgan fingerprint density at radius 1 is 1.35 bits per heavy atom. The predicted molar refractivity (Wildman–Crippen MR) is 61.6 cm³/mol. The lowest BCUT2D eigenvalue weighted by Crippen LogP contribution is -2.00. The smallest absolute Gasteiger partial charge is 0.337 e. The van der Waals surface area contributed by atoms with E-state index in [0.29, 0.717) is 11.1 Å². The highest BCUT2D eigenvalue weighted by Crippen LogP contribution is 2.27. The summed E-state index contributed by atoms with van der Waals surface area (Å²) in [7, 11) is 0. The lowest BCUT2D eigenvalue weighted by atomic mass is 10.0. The molecule has 86 valence electrons. The van der Waals surface area contributed by atoms with Crippen LogP contribution in [0.25, 0.3) is 11.1 Å². The first-order valence-corrected chi connectivity index (χ1v) is 5.10. The second kappa shape index (κ2) is 4.51. The molecule has 2 rings (SSSR count). The molecule has 0 spiro atoms. The molecule has 3 nitrogen and oxygen atoms in total. The van der Waals surface area contributed by atoms with Crippen LogP contribution in [0, 0.1) is 5.82 Å². The van der Waals surface area contributed by atoms with Gasteiger partial charge in [-0.2, -0.15) is 0 Å². The molecule has 0 aliphatic rings. The van der Waals surface area contributed by atoms with Crippen LogP contribution in [-0.4, -0.2) is 16.1 Å². The number of hydrogen-bond donors (Lipinski definition) is 1. The molecule has 1 heterocycles. The highest BCUT2D eigenvalue weighted by Gasteiger charge is 2.12. The molecule has 0 saturated heterocycles. The number of carbonyl (C=O) groups is 1. The van der Waals surface area contributed by atoms with Gasteiger partial charge in [0.05, 0.1) is 10.6 Å². The number of aromatic carboxylic acids is 1. The highest BCUT2D eigenvalue weighted by molar-refractivity contribution is 6.31. The molecule has 0 bridgehead atoms. The molecule has 5 heteroatoms. The molecule has 0 unspecified atom stereocenters. The number of hydrogen-bond acceptors (Lipinski definition) is 2. The Bertz CT molecular complexity index is 586. The third-order valence-electron chi connectivity index (χ3n) is 2.28. The SMILES string of the molecule is O=C(O)c1cnccc1-c1ccc(F)c(Cl)c1. The molecule has 0 atom stereocenters. The van der Waals surface area contributed by atoms with Gasteiger partial charge in [0.1, 0.15) is 5.82 Å². The summed E-state index contributed by atoms with van der Waals surface area (Å²) in [6, 6.07) is 5.61. The molecule has 0 radical (unpaired) electrons. The number of rotatable bonds is 2. The van der Waals surface area contributed by atoms with Crippen molar-refractivity contribution in [3.05, 3.63) is 53.1 Å². The van der Waals surface area contributed by atoms with Gasteiger partial charge >= 0.3 is 5.97 Å². The zero-order chi connectivity index (χ0) is 12.4. The van der Waals surface area contributed by atoms with E-state index in [9.17, 15) is 9.18 Å². The van der Waals surface area contributed by atoms with E-state index in [0.717, 1.165) is 0 Å². The van der Waals surface area contributed by atoms with E-state index in [1.165, 1.54) is 30.6 Å². The second-order valence-electron chi connectivity index (χ2n) is 3.36. The summed E-state index contributed by atoms with van der Waals surface area (Å²) >= 11 is 5.66. The van der Waals surface area contributed by atoms with Gasteiger partial charge in [-0.25, -0.2) is 9.18 Å². The van der Waals surface area contributed by atoms with Crippen LogP contribution in [0.2, 0.25) is 5.02 Å². The average Bonchev–Trinajstić information content (AvgIpc) is 2.32. The molecule has 17 heavy (non-hydrogen) atoms. The lowest BCUT2D eigenvalue weighted by Gasteiger charge is -2.06.